The van der Waals surface area contributed by atoms with E-state index in [0.29, 0.717) is 31.1 Å². The Labute approximate surface area is 127 Å². The first-order valence-corrected chi connectivity index (χ1v) is 7.74. The first kappa shape index (κ1) is 18.0. The van der Waals surface area contributed by atoms with Crippen molar-refractivity contribution in [2.24, 2.45) is 5.73 Å². The van der Waals surface area contributed by atoms with Gasteiger partial charge in [0.1, 0.15) is 11.5 Å². The molecule has 0 aliphatic carbocycles. The molecule has 2 N–H and O–H groups in total. The molecule has 0 bridgehead atoms. The number of halogens is 3. The van der Waals surface area contributed by atoms with Crippen LogP contribution >= 0.6 is 11.8 Å². The van der Waals surface area contributed by atoms with Crippen LogP contribution in [0.2, 0.25) is 0 Å². The Bertz CT molecular complexity index is 427. The summed E-state index contributed by atoms with van der Waals surface area (Å²) in [5.74, 6) is 1.04. The van der Waals surface area contributed by atoms with Crippen molar-refractivity contribution in [2.75, 3.05) is 25.5 Å². The van der Waals surface area contributed by atoms with Gasteiger partial charge in [-0.15, -0.1) is 0 Å². The molecule has 0 saturated heterocycles. The van der Waals surface area contributed by atoms with Crippen LogP contribution in [0.25, 0.3) is 0 Å². The zero-order valence-corrected chi connectivity index (χ0v) is 12.7. The van der Waals surface area contributed by atoms with Crippen LogP contribution in [0.15, 0.2) is 18.2 Å². The molecule has 21 heavy (non-hydrogen) atoms. The van der Waals surface area contributed by atoms with E-state index < -0.39 is 5.51 Å². The predicted octanol–water partition coefficient (Wildman–Crippen LogP) is 3.61. The van der Waals surface area contributed by atoms with Gasteiger partial charge in [-0.05, 0) is 42.8 Å². The Morgan fingerprint density at radius 3 is 2.57 bits per heavy atom. The quantitative estimate of drug-likeness (QED) is 0.705. The number of rotatable bonds is 9. The van der Waals surface area contributed by atoms with Gasteiger partial charge in [-0.3, -0.25) is 0 Å². The molecule has 1 aromatic carbocycles. The monoisotopic (exact) mass is 323 g/mol. The van der Waals surface area contributed by atoms with Crippen molar-refractivity contribution in [3.05, 3.63) is 23.8 Å². The van der Waals surface area contributed by atoms with E-state index in [0.717, 1.165) is 12.0 Å². The number of thioether (sulfide) groups is 1. The molecule has 0 aliphatic heterocycles. The molecule has 0 atom stereocenters. The SMILES string of the molecule is CCCOc1ccc(CCN)c(OCCSC(F)(F)F)c1. The summed E-state index contributed by atoms with van der Waals surface area (Å²) in [7, 11) is 0. The lowest BCUT2D eigenvalue weighted by atomic mass is 10.1. The Balaban J connectivity index is 2.62. The molecule has 0 amide bonds. The van der Waals surface area contributed by atoms with Crippen molar-refractivity contribution in [2.45, 2.75) is 25.3 Å². The van der Waals surface area contributed by atoms with Gasteiger partial charge in [-0.2, -0.15) is 13.2 Å². The molecular weight excluding hydrogens is 303 g/mol. The molecular formula is C14H20F3NO2S. The molecule has 1 rings (SSSR count). The third-order valence-electron chi connectivity index (χ3n) is 2.53. The van der Waals surface area contributed by atoms with Crippen molar-refractivity contribution in [3.63, 3.8) is 0 Å². The average Bonchev–Trinajstić information content (AvgIpc) is 2.42. The summed E-state index contributed by atoms with van der Waals surface area (Å²) in [6, 6.07) is 5.36. The van der Waals surface area contributed by atoms with Crippen molar-refractivity contribution in [1.82, 2.24) is 0 Å². The van der Waals surface area contributed by atoms with Crippen LogP contribution in [0.3, 0.4) is 0 Å². The molecule has 0 aromatic heterocycles. The highest BCUT2D eigenvalue weighted by molar-refractivity contribution is 8.00. The van der Waals surface area contributed by atoms with E-state index in [4.69, 9.17) is 15.2 Å². The smallest absolute Gasteiger partial charge is 0.441 e. The summed E-state index contributed by atoms with van der Waals surface area (Å²) in [6.45, 7) is 3.01. The van der Waals surface area contributed by atoms with Gasteiger partial charge < -0.3 is 15.2 Å². The Morgan fingerprint density at radius 2 is 1.95 bits per heavy atom. The van der Waals surface area contributed by atoms with Gasteiger partial charge in [-0.25, -0.2) is 0 Å². The number of ether oxygens (including phenoxy) is 2. The molecule has 0 saturated carbocycles. The molecule has 0 aliphatic rings. The minimum atomic E-state index is -4.23. The third kappa shape index (κ3) is 7.47. The molecule has 0 unspecified atom stereocenters. The lowest BCUT2D eigenvalue weighted by Gasteiger charge is -2.14. The van der Waals surface area contributed by atoms with E-state index in [1.165, 1.54) is 0 Å². The van der Waals surface area contributed by atoms with E-state index in [2.05, 4.69) is 0 Å². The highest BCUT2D eigenvalue weighted by atomic mass is 32.2. The fourth-order valence-electron chi connectivity index (χ4n) is 1.65. The lowest BCUT2D eigenvalue weighted by Crippen LogP contribution is -2.10. The fourth-order valence-corrected chi connectivity index (χ4v) is 2.05. The number of hydrogen-bond donors (Lipinski definition) is 1. The summed E-state index contributed by atoms with van der Waals surface area (Å²) in [5.41, 5.74) is 2.17. The van der Waals surface area contributed by atoms with Gasteiger partial charge in [0.25, 0.3) is 0 Å². The summed E-state index contributed by atoms with van der Waals surface area (Å²) in [4.78, 5) is 0. The van der Waals surface area contributed by atoms with E-state index in [1.807, 2.05) is 19.1 Å². The van der Waals surface area contributed by atoms with E-state index >= 15 is 0 Å². The highest BCUT2D eigenvalue weighted by Gasteiger charge is 2.27. The van der Waals surface area contributed by atoms with Gasteiger partial charge in [0.2, 0.25) is 0 Å². The van der Waals surface area contributed by atoms with Crippen molar-refractivity contribution in [1.29, 1.82) is 0 Å². The molecule has 3 nitrogen and oxygen atoms in total. The number of nitrogens with two attached hydrogens (primary N) is 1. The summed E-state index contributed by atoms with van der Waals surface area (Å²) >= 11 is -0.0908. The van der Waals surface area contributed by atoms with Crippen molar-refractivity contribution in [3.8, 4) is 11.5 Å². The second-order valence-corrected chi connectivity index (χ2v) is 5.46. The first-order chi connectivity index (χ1) is 9.96. The van der Waals surface area contributed by atoms with E-state index in [1.54, 1.807) is 6.07 Å². The fraction of sp³-hybridized carbons (Fsp3) is 0.571. The maximum absolute atomic E-state index is 12.1. The van der Waals surface area contributed by atoms with E-state index in [9.17, 15) is 13.2 Å². The molecule has 1 aromatic rings. The maximum Gasteiger partial charge on any atom is 0.441 e. The zero-order valence-electron chi connectivity index (χ0n) is 11.9. The number of benzene rings is 1. The minimum absolute atomic E-state index is 0.0149. The lowest BCUT2D eigenvalue weighted by molar-refractivity contribution is -0.0329. The topological polar surface area (TPSA) is 44.5 Å². The normalized spacial score (nSPS) is 11.5. The largest absolute Gasteiger partial charge is 0.493 e. The van der Waals surface area contributed by atoms with Gasteiger partial charge >= 0.3 is 5.51 Å². The third-order valence-corrected chi connectivity index (χ3v) is 3.23. The minimum Gasteiger partial charge on any atom is -0.493 e. The van der Waals surface area contributed by atoms with Crippen LogP contribution in [-0.4, -0.2) is 31.0 Å². The summed E-state index contributed by atoms with van der Waals surface area (Å²) in [5, 5.41) is 0. The van der Waals surface area contributed by atoms with Crippen LogP contribution in [0.1, 0.15) is 18.9 Å². The van der Waals surface area contributed by atoms with Crippen molar-refractivity contribution < 1.29 is 22.6 Å². The Hall–Kier alpha value is -1.08. The van der Waals surface area contributed by atoms with E-state index in [-0.39, 0.29) is 24.1 Å². The molecule has 0 radical (unpaired) electrons. The number of hydrogen-bond acceptors (Lipinski definition) is 4. The summed E-state index contributed by atoms with van der Waals surface area (Å²) < 4.78 is 47.1. The first-order valence-electron chi connectivity index (χ1n) is 6.75. The zero-order chi connectivity index (χ0) is 15.7. The van der Waals surface area contributed by atoms with Crippen LogP contribution in [0.4, 0.5) is 13.2 Å². The van der Waals surface area contributed by atoms with Crippen LogP contribution in [0, 0.1) is 0 Å². The van der Waals surface area contributed by atoms with Gasteiger partial charge in [0.05, 0.1) is 13.2 Å². The van der Waals surface area contributed by atoms with Crippen LogP contribution in [0.5, 0.6) is 11.5 Å². The van der Waals surface area contributed by atoms with Crippen molar-refractivity contribution >= 4 is 11.8 Å². The predicted molar refractivity (Wildman–Crippen MR) is 79.0 cm³/mol. The standard InChI is InChI=1S/C14H20F3NO2S/c1-2-7-19-12-4-3-11(5-6-18)13(10-12)20-8-9-21-14(15,16)17/h3-4,10H,2,5-9,18H2,1H3. The van der Waals surface area contributed by atoms with Crippen LogP contribution in [-0.2, 0) is 6.42 Å². The highest BCUT2D eigenvalue weighted by Crippen LogP contribution is 2.30. The molecule has 0 heterocycles. The maximum atomic E-state index is 12.1. The summed E-state index contributed by atoms with van der Waals surface area (Å²) in [6.07, 6.45) is 1.48. The second-order valence-electron chi connectivity index (χ2n) is 4.30. The van der Waals surface area contributed by atoms with Gasteiger partial charge in [0.15, 0.2) is 0 Å². The molecule has 120 valence electrons. The molecule has 0 spiro atoms. The molecule has 7 heteroatoms. The molecule has 0 fully saturated rings. The average molecular weight is 323 g/mol. The Kier molecular flexibility index (Phi) is 7.74. The number of alkyl halides is 3. The van der Waals surface area contributed by atoms with Crippen LogP contribution < -0.4 is 15.2 Å². The van der Waals surface area contributed by atoms with Gasteiger partial charge in [-0.1, -0.05) is 13.0 Å². The second kappa shape index (κ2) is 9.04. The Morgan fingerprint density at radius 1 is 1.19 bits per heavy atom. The van der Waals surface area contributed by atoms with Gasteiger partial charge in [0, 0.05) is 11.8 Å².